The zero-order chi connectivity index (χ0) is 33.8. The van der Waals surface area contributed by atoms with Gasteiger partial charge in [0.15, 0.2) is 15.8 Å². The summed E-state index contributed by atoms with van der Waals surface area (Å²) in [6.45, 7) is 4.39. The van der Waals surface area contributed by atoms with Crippen LogP contribution in [-0.2, 0) is 21.9 Å². The Morgan fingerprint density at radius 1 is 0.958 bits per heavy atom. The van der Waals surface area contributed by atoms with Gasteiger partial charge in [0.1, 0.15) is 23.9 Å². The molecule has 1 aliphatic heterocycles. The van der Waals surface area contributed by atoms with Gasteiger partial charge in [-0.1, -0.05) is 71.1 Å². The summed E-state index contributed by atoms with van der Waals surface area (Å²) in [6, 6.07) is 24.0. The number of ether oxygens (including phenoxy) is 2. The lowest BCUT2D eigenvalue weighted by Crippen LogP contribution is -2.29. The van der Waals surface area contributed by atoms with Crippen LogP contribution < -0.4 is 14.4 Å². The predicted molar refractivity (Wildman–Crippen MR) is 182 cm³/mol. The number of carbonyl (C=O) groups is 2. The summed E-state index contributed by atoms with van der Waals surface area (Å²) in [6.07, 6.45) is 0. The van der Waals surface area contributed by atoms with Gasteiger partial charge in [-0.3, -0.25) is 14.5 Å². The molecule has 0 spiro atoms. The maximum atomic E-state index is 13.7. The first kappa shape index (κ1) is 32.7. The lowest BCUT2D eigenvalue weighted by molar-refractivity contribution is -0.132. The number of hydrogen-bond donors (Lipinski definition) is 2. The minimum Gasteiger partial charge on any atom is -0.507 e. The Labute approximate surface area is 284 Å². The number of aromatic nitrogens is 2. The fraction of sp³-hybridized carbons (Fsp3) is 0.167. The smallest absolute Gasteiger partial charge is 0.301 e. The summed E-state index contributed by atoms with van der Waals surface area (Å²) in [7, 11) is 0. The van der Waals surface area contributed by atoms with Crippen molar-refractivity contribution in [2.45, 2.75) is 36.6 Å². The number of phenolic OH excluding ortho intramolecular Hbond substituents is 1. The van der Waals surface area contributed by atoms with E-state index in [1.807, 2.05) is 31.2 Å². The first-order valence-electron chi connectivity index (χ1n) is 15.0. The molecule has 1 aromatic heterocycles. The van der Waals surface area contributed by atoms with Crippen LogP contribution in [0.3, 0.4) is 0 Å². The molecular formula is C36H30FN3O6S2. The van der Waals surface area contributed by atoms with Gasteiger partial charge in [-0.15, -0.1) is 10.2 Å². The molecule has 4 aromatic carbocycles. The Balaban J connectivity index is 1.33. The number of aromatic hydroxyl groups is 1. The molecule has 9 nitrogen and oxygen atoms in total. The molecule has 1 amide bonds. The molecule has 2 N–H and O–H groups in total. The molecule has 244 valence electrons. The van der Waals surface area contributed by atoms with Crippen LogP contribution in [0, 0.1) is 12.7 Å². The highest BCUT2D eigenvalue weighted by molar-refractivity contribution is 8.00. The van der Waals surface area contributed by atoms with Gasteiger partial charge in [0, 0.05) is 11.3 Å². The number of ketones is 1. The zero-order valence-corrected chi connectivity index (χ0v) is 27.6. The molecule has 1 atom stereocenters. The fourth-order valence-electron chi connectivity index (χ4n) is 5.23. The van der Waals surface area contributed by atoms with Gasteiger partial charge in [0.25, 0.3) is 5.78 Å². The summed E-state index contributed by atoms with van der Waals surface area (Å²) >= 11 is 2.46. The minimum absolute atomic E-state index is 0.116. The first-order valence-corrected chi connectivity index (χ1v) is 16.8. The van der Waals surface area contributed by atoms with Crippen LogP contribution in [0.1, 0.15) is 40.8 Å². The molecule has 5 aromatic rings. The summed E-state index contributed by atoms with van der Waals surface area (Å²) in [5.41, 5.74) is 3.56. The number of aryl methyl sites for hydroxylation is 1. The van der Waals surface area contributed by atoms with Crippen molar-refractivity contribution in [1.82, 2.24) is 10.2 Å². The van der Waals surface area contributed by atoms with E-state index in [2.05, 4.69) is 10.2 Å². The van der Waals surface area contributed by atoms with Crippen molar-refractivity contribution in [3.63, 3.8) is 0 Å². The van der Waals surface area contributed by atoms with Crippen molar-refractivity contribution in [2.24, 2.45) is 0 Å². The number of aliphatic hydroxyl groups excluding tert-OH is 1. The third kappa shape index (κ3) is 7.04. The maximum absolute atomic E-state index is 13.7. The molecule has 0 aliphatic carbocycles. The number of Topliss-reactive ketones (excluding diaryl/α,β-unsaturated/α-hetero) is 1. The van der Waals surface area contributed by atoms with Crippen molar-refractivity contribution in [1.29, 1.82) is 0 Å². The van der Waals surface area contributed by atoms with Crippen molar-refractivity contribution < 1.29 is 33.7 Å². The third-order valence-electron chi connectivity index (χ3n) is 7.54. The number of halogens is 1. The van der Waals surface area contributed by atoms with Crippen LogP contribution >= 0.6 is 23.1 Å². The number of nitrogens with zero attached hydrogens (tertiary/aromatic N) is 3. The van der Waals surface area contributed by atoms with Crippen LogP contribution in [0.25, 0.3) is 5.76 Å². The van der Waals surface area contributed by atoms with Crippen LogP contribution in [0.2, 0.25) is 0 Å². The summed E-state index contributed by atoms with van der Waals surface area (Å²) in [5.74, 6) is -1.43. The second-order valence-electron chi connectivity index (χ2n) is 10.9. The predicted octanol–water partition coefficient (Wildman–Crippen LogP) is 7.59. The molecule has 48 heavy (non-hydrogen) atoms. The van der Waals surface area contributed by atoms with E-state index >= 15 is 0 Å². The second-order valence-corrected chi connectivity index (χ2v) is 13.1. The fourth-order valence-corrected chi connectivity index (χ4v) is 7.06. The molecule has 1 aliphatic rings. The number of phenols is 1. The van der Waals surface area contributed by atoms with Crippen LogP contribution in [0.5, 0.6) is 17.2 Å². The molecule has 1 unspecified atom stereocenters. The SMILES string of the molecule is CCOc1cc(C2/C(=C(\O)c3ccc(OCc4cccc(C)c4)cc3)C(=O)C(=O)N2c2nnc(SCc3ccc(F)cc3)s2)ccc1O. The minimum atomic E-state index is -1.11. The van der Waals surface area contributed by atoms with Gasteiger partial charge in [0.2, 0.25) is 5.13 Å². The number of anilines is 1. The van der Waals surface area contributed by atoms with Gasteiger partial charge < -0.3 is 19.7 Å². The normalized spacial score (nSPS) is 15.6. The Morgan fingerprint density at radius 3 is 2.46 bits per heavy atom. The Kier molecular flexibility index (Phi) is 9.74. The summed E-state index contributed by atoms with van der Waals surface area (Å²) in [5, 5.41) is 30.6. The average molecular weight is 684 g/mol. The summed E-state index contributed by atoms with van der Waals surface area (Å²) in [4.78, 5) is 28.5. The molecular weight excluding hydrogens is 654 g/mol. The van der Waals surface area contributed by atoms with E-state index in [4.69, 9.17) is 9.47 Å². The number of thioether (sulfide) groups is 1. The highest BCUT2D eigenvalue weighted by Crippen LogP contribution is 2.45. The van der Waals surface area contributed by atoms with E-state index < -0.39 is 17.7 Å². The van der Waals surface area contributed by atoms with E-state index in [0.717, 1.165) is 28.0 Å². The second kappa shape index (κ2) is 14.3. The molecule has 0 radical (unpaired) electrons. The van der Waals surface area contributed by atoms with Gasteiger partial charge >= 0.3 is 5.91 Å². The Bertz CT molecular complexity index is 2000. The quantitative estimate of drug-likeness (QED) is 0.0477. The van der Waals surface area contributed by atoms with E-state index in [0.29, 0.717) is 33.6 Å². The standard InChI is InChI=1S/C36H30FN3O6S2/c1-3-45-29-18-25(11-16-28(29)41)31-30(32(42)24-9-14-27(15-10-24)46-19-23-6-4-5-21(2)17-23)33(43)34(44)40(31)35-38-39-36(48-35)47-20-22-7-12-26(37)13-8-22/h4-18,31,41-42H,3,19-20H2,1-2H3/b32-30+. The van der Waals surface area contributed by atoms with Crippen molar-refractivity contribution in [3.05, 3.63) is 130 Å². The number of hydrogen-bond acceptors (Lipinski definition) is 10. The van der Waals surface area contributed by atoms with Crippen molar-refractivity contribution >= 4 is 45.7 Å². The lowest BCUT2D eigenvalue weighted by Gasteiger charge is -2.23. The van der Waals surface area contributed by atoms with Gasteiger partial charge in [-0.25, -0.2) is 4.39 Å². The van der Waals surface area contributed by atoms with Crippen molar-refractivity contribution in [2.75, 3.05) is 11.5 Å². The van der Waals surface area contributed by atoms with E-state index in [1.165, 1.54) is 40.9 Å². The number of aliphatic hydroxyl groups is 1. The molecule has 6 rings (SSSR count). The van der Waals surface area contributed by atoms with Crippen LogP contribution in [0.4, 0.5) is 9.52 Å². The van der Waals surface area contributed by atoms with E-state index in [1.54, 1.807) is 49.4 Å². The Morgan fingerprint density at radius 2 is 1.73 bits per heavy atom. The topological polar surface area (TPSA) is 122 Å². The summed E-state index contributed by atoms with van der Waals surface area (Å²) < 4.78 is 25.4. The van der Waals surface area contributed by atoms with Gasteiger partial charge in [-0.05, 0) is 79.1 Å². The van der Waals surface area contributed by atoms with Gasteiger partial charge in [0.05, 0.1) is 18.2 Å². The molecule has 1 fully saturated rings. The lowest BCUT2D eigenvalue weighted by atomic mass is 9.95. The van der Waals surface area contributed by atoms with E-state index in [9.17, 15) is 24.2 Å². The molecule has 0 bridgehead atoms. The van der Waals surface area contributed by atoms with Crippen LogP contribution in [0.15, 0.2) is 101 Å². The Hall–Kier alpha value is -5.20. The largest absolute Gasteiger partial charge is 0.507 e. The highest BCUT2D eigenvalue weighted by Gasteiger charge is 2.48. The van der Waals surface area contributed by atoms with Gasteiger partial charge in [-0.2, -0.15) is 0 Å². The molecule has 1 saturated heterocycles. The third-order valence-corrected chi connectivity index (χ3v) is 9.66. The number of amides is 1. The monoisotopic (exact) mass is 683 g/mol. The molecule has 2 heterocycles. The van der Waals surface area contributed by atoms with Crippen LogP contribution in [-0.4, -0.2) is 38.7 Å². The molecule has 12 heteroatoms. The first-order chi connectivity index (χ1) is 23.2. The van der Waals surface area contributed by atoms with Crippen molar-refractivity contribution in [3.8, 4) is 17.2 Å². The number of benzene rings is 4. The number of rotatable bonds is 11. The molecule has 0 saturated carbocycles. The zero-order valence-electron chi connectivity index (χ0n) is 25.9. The number of carbonyl (C=O) groups excluding carboxylic acids is 2. The highest BCUT2D eigenvalue weighted by atomic mass is 32.2. The van der Waals surface area contributed by atoms with E-state index in [-0.39, 0.29) is 40.4 Å². The average Bonchev–Trinajstić information content (AvgIpc) is 3.66. The maximum Gasteiger partial charge on any atom is 0.301 e.